The Hall–Kier alpha value is -3.67. The van der Waals surface area contributed by atoms with Crippen LogP contribution in [0, 0.1) is 0 Å². The molecule has 0 aliphatic rings. The first-order valence-electron chi connectivity index (χ1n) is 24.7. The van der Waals surface area contributed by atoms with Crippen LogP contribution in [0.4, 0.5) is 0 Å². The Morgan fingerprint density at radius 3 is 1.05 bits per heavy atom. The highest BCUT2D eigenvalue weighted by Gasteiger charge is 2.19. The monoisotopic (exact) mass is 847 g/mol. The average Bonchev–Trinajstić information content (AvgIpc) is 3.26. The Morgan fingerprint density at radius 2 is 0.623 bits per heavy atom. The summed E-state index contributed by atoms with van der Waals surface area (Å²) >= 11 is 0. The predicted molar refractivity (Wildman–Crippen MR) is 260 cm³/mol. The molecular formula is C55H90O6. The van der Waals surface area contributed by atoms with Gasteiger partial charge in [0, 0.05) is 19.3 Å². The molecule has 0 heterocycles. The summed E-state index contributed by atoms with van der Waals surface area (Å²) in [6, 6.07) is 0. The van der Waals surface area contributed by atoms with E-state index in [1.165, 1.54) is 103 Å². The summed E-state index contributed by atoms with van der Waals surface area (Å²) in [5, 5.41) is 0. The van der Waals surface area contributed by atoms with Crippen LogP contribution in [-0.2, 0) is 28.6 Å². The molecule has 0 N–H and O–H groups in total. The maximum atomic E-state index is 12.7. The van der Waals surface area contributed by atoms with Crippen LogP contribution >= 0.6 is 0 Å². The molecule has 0 aliphatic heterocycles. The van der Waals surface area contributed by atoms with Crippen molar-refractivity contribution in [2.45, 2.75) is 219 Å². The fourth-order valence-electron chi connectivity index (χ4n) is 6.30. The van der Waals surface area contributed by atoms with Gasteiger partial charge in [0.05, 0.1) is 0 Å². The van der Waals surface area contributed by atoms with E-state index in [4.69, 9.17) is 14.2 Å². The van der Waals surface area contributed by atoms with Gasteiger partial charge in [-0.1, -0.05) is 195 Å². The Labute approximate surface area is 375 Å². The number of rotatable bonds is 43. The zero-order valence-electron chi connectivity index (χ0n) is 39.4. The first-order chi connectivity index (χ1) is 30.0. The molecule has 0 rings (SSSR count). The van der Waals surface area contributed by atoms with E-state index >= 15 is 0 Å². The Balaban J connectivity index is 4.61. The van der Waals surface area contributed by atoms with Crippen molar-refractivity contribution in [3.8, 4) is 0 Å². The third kappa shape index (κ3) is 47.2. The highest BCUT2D eigenvalue weighted by molar-refractivity contribution is 5.71. The summed E-state index contributed by atoms with van der Waals surface area (Å²) in [6.07, 6.45) is 64.2. The SMILES string of the molecule is CCCCC/C=C\C/C=C\C/C=C\C/C=C\CCCC(=O)OCC(COC(=O)CC/C=C\C/C=C\CCCCCCCC)OC(=O)CC/C=C\C/C=C\CCCCCCCC. The van der Waals surface area contributed by atoms with Crippen molar-refractivity contribution in [3.63, 3.8) is 0 Å². The summed E-state index contributed by atoms with van der Waals surface area (Å²) < 4.78 is 16.6. The molecule has 1 atom stereocenters. The molecule has 0 aromatic carbocycles. The third-order valence-corrected chi connectivity index (χ3v) is 10.1. The molecule has 0 saturated carbocycles. The largest absolute Gasteiger partial charge is 0.462 e. The number of hydrogen-bond acceptors (Lipinski definition) is 6. The number of hydrogen-bond donors (Lipinski definition) is 0. The summed E-state index contributed by atoms with van der Waals surface area (Å²) in [7, 11) is 0. The number of allylic oxidation sites excluding steroid dienone is 16. The van der Waals surface area contributed by atoms with Gasteiger partial charge in [0.25, 0.3) is 0 Å². The predicted octanol–water partition coefficient (Wildman–Crippen LogP) is 16.2. The van der Waals surface area contributed by atoms with E-state index in [1.807, 2.05) is 12.2 Å². The minimum Gasteiger partial charge on any atom is -0.462 e. The van der Waals surface area contributed by atoms with Gasteiger partial charge in [-0.15, -0.1) is 0 Å². The van der Waals surface area contributed by atoms with Crippen LogP contribution in [0.25, 0.3) is 0 Å². The van der Waals surface area contributed by atoms with Gasteiger partial charge >= 0.3 is 17.9 Å². The summed E-state index contributed by atoms with van der Waals surface area (Å²) in [5.74, 6) is -1.14. The molecule has 6 heteroatoms. The summed E-state index contributed by atoms with van der Waals surface area (Å²) in [4.78, 5) is 37.8. The van der Waals surface area contributed by atoms with E-state index in [2.05, 4.69) is 106 Å². The third-order valence-electron chi connectivity index (χ3n) is 10.1. The normalized spacial score (nSPS) is 12.9. The lowest BCUT2D eigenvalue weighted by molar-refractivity contribution is -0.166. The average molecular weight is 847 g/mol. The molecule has 346 valence electrons. The van der Waals surface area contributed by atoms with Crippen LogP contribution in [0.3, 0.4) is 0 Å². The smallest absolute Gasteiger partial charge is 0.306 e. The van der Waals surface area contributed by atoms with Crippen LogP contribution < -0.4 is 0 Å². The van der Waals surface area contributed by atoms with Gasteiger partial charge in [0.1, 0.15) is 13.2 Å². The molecule has 61 heavy (non-hydrogen) atoms. The van der Waals surface area contributed by atoms with E-state index in [-0.39, 0.29) is 44.4 Å². The van der Waals surface area contributed by atoms with Gasteiger partial charge in [0.2, 0.25) is 0 Å². The maximum absolute atomic E-state index is 12.7. The van der Waals surface area contributed by atoms with Crippen LogP contribution in [0.15, 0.2) is 97.2 Å². The van der Waals surface area contributed by atoms with Crippen molar-refractivity contribution in [1.29, 1.82) is 0 Å². The van der Waals surface area contributed by atoms with Gasteiger partial charge in [-0.25, -0.2) is 0 Å². The van der Waals surface area contributed by atoms with E-state index in [1.54, 1.807) is 0 Å². The van der Waals surface area contributed by atoms with Crippen molar-refractivity contribution >= 4 is 17.9 Å². The van der Waals surface area contributed by atoms with Crippen LogP contribution in [0.1, 0.15) is 213 Å². The fourth-order valence-corrected chi connectivity index (χ4v) is 6.30. The second-order valence-electron chi connectivity index (χ2n) is 16.0. The first-order valence-corrected chi connectivity index (χ1v) is 24.7. The van der Waals surface area contributed by atoms with Crippen LogP contribution in [0.5, 0.6) is 0 Å². The van der Waals surface area contributed by atoms with Crippen molar-refractivity contribution in [3.05, 3.63) is 97.2 Å². The molecular weight excluding hydrogens is 757 g/mol. The maximum Gasteiger partial charge on any atom is 0.306 e. The van der Waals surface area contributed by atoms with Gasteiger partial charge in [0.15, 0.2) is 6.10 Å². The molecule has 0 saturated heterocycles. The van der Waals surface area contributed by atoms with Crippen LogP contribution in [-0.4, -0.2) is 37.2 Å². The molecule has 0 aliphatic carbocycles. The molecule has 0 aromatic heterocycles. The molecule has 0 amide bonds. The minimum absolute atomic E-state index is 0.146. The lowest BCUT2D eigenvalue weighted by atomic mass is 10.1. The van der Waals surface area contributed by atoms with Crippen LogP contribution in [0.2, 0.25) is 0 Å². The van der Waals surface area contributed by atoms with Crippen molar-refractivity contribution in [1.82, 2.24) is 0 Å². The molecule has 1 unspecified atom stereocenters. The zero-order chi connectivity index (χ0) is 44.4. The van der Waals surface area contributed by atoms with E-state index < -0.39 is 12.1 Å². The number of carbonyl (C=O) groups is 3. The lowest BCUT2D eigenvalue weighted by Crippen LogP contribution is -2.30. The summed E-state index contributed by atoms with van der Waals surface area (Å²) in [6.45, 7) is 6.42. The zero-order valence-corrected chi connectivity index (χ0v) is 39.4. The van der Waals surface area contributed by atoms with E-state index in [0.29, 0.717) is 19.3 Å². The topological polar surface area (TPSA) is 78.9 Å². The standard InChI is InChI=1S/C55H90O6/c1-4-7-10-13-16-19-22-25-26-27-28-31-33-36-39-42-45-48-54(57)60-51-52(61-55(58)49-46-43-40-37-34-30-24-21-18-15-12-9-6-3)50-59-53(56)47-44-41-38-35-32-29-23-20-17-14-11-8-5-2/h16,19,25-26,28-32,34,36,38-41,43,52H,4-15,17-18,20-24,27,33,35,37,42,44-51H2,1-3H3/b19-16-,26-25-,31-28-,32-29-,34-30-,39-36-,41-38-,43-40-. The number of unbranched alkanes of at least 4 members (excludes halogenated alkanes) is 16. The number of carbonyl (C=O) groups excluding carboxylic acids is 3. The first kappa shape index (κ1) is 57.3. The second-order valence-corrected chi connectivity index (χ2v) is 16.0. The molecule has 6 nitrogen and oxygen atoms in total. The van der Waals surface area contributed by atoms with E-state index in [9.17, 15) is 14.4 Å². The Morgan fingerprint density at radius 1 is 0.328 bits per heavy atom. The highest BCUT2D eigenvalue weighted by Crippen LogP contribution is 2.10. The summed E-state index contributed by atoms with van der Waals surface area (Å²) in [5.41, 5.74) is 0. The van der Waals surface area contributed by atoms with Gasteiger partial charge < -0.3 is 14.2 Å². The fraction of sp³-hybridized carbons (Fsp3) is 0.655. The van der Waals surface area contributed by atoms with Crippen molar-refractivity contribution in [2.24, 2.45) is 0 Å². The Kier molecular flexibility index (Phi) is 46.0. The molecule has 0 spiro atoms. The quantitative estimate of drug-likeness (QED) is 0.0263. The van der Waals surface area contributed by atoms with Crippen molar-refractivity contribution in [2.75, 3.05) is 13.2 Å². The van der Waals surface area contributed by atoms with E-state index in [0.717, 1.165) is 51.4 Å². The number of esters is 3. The molecule has 0 bridgehead atoms. The molecule has 0 fully saturated rings. The molecule has 0 aromatic rings. The molecule has 0 radical (unpaired) electrons. The number of ether oxygens (including phenoxy) is 3. The minimum atomic E-state index is -0.852. The van der Waals surface area contributed by atoms with Gasteiger partial charge in [-0.2, -0.15) is 0 Å². The van der Waals surface area contributed by atoms with Crippen molar-refractivity contribution < 1.29 is 28.6 Å². The van der Waals surface area contributed by atoms with Gasteiger partial charge in [-0.05, 0) is 96.3 Å². The van der Waals surface area contributed by atoms with Gasteiger partial charge in [-0.3, -0.25) is 14.4 Å². The highest BCUT2D eigenvalue weighted by atomic mass is 16.6. The second kappa shape index (κ2) is 49.0. The Bertz CT molecular complexity index is 1250. The lowest BCUT2D eigenvalue weighted by Gasteiger charge is -2.18.